The van der Waals surface area contributed by atoms with E-state index < -0.39 is 0 Å². The monoisotopic (exact) mass is 328 g/mol. The molecule has 130 valence electrons. The lowest BCUT2D eigenvalue weighted by Gasteiger charge is -2.19. The molecule has 1 aromatic carbocycles. The summed E-state index contributed by atoms with van der Waals surface area (Å²) in [6.07, 6.45) is 2.47. The quantitative estimate of drug-likeness (QED) is 0.767. The van der Waals surface area contributed by atoms with Gasteiger partial charge in [0.15, 0.2) is 0 Å². The first-order valence-corrected chi connectivity index (χ1v) is 8.54. The minimum atomic E-state index is -0.126. The number of Topliss-reactive ketones (excluding diaryl/α,β-unsaturated/α-hetero) is 1. The average molecular weight is 328 g/mol. The van der Waals surface area contributed by atoms with E-state index in [0.29, 0.717) is 13.0 Å². The highest BCUT2D eigenvalue weighted by atomic mass is 16.5. The Hall–Kier alpha value is -1.94. The first-order chi connectivity index (χ1) is 11.2. The van der Waals surface area contributed by atoms with Crippen LogP contribution in [0.4, 0.5) is 0 Å². The van der Waals surface area contributed by atoms with Crippen molar-refractivity contribution in [2.45, 2.75) is 53.2 Å². The number of hydrogen-bond donors (Lipinski definition) is 0. The lowest BCUT2D eigenvalue weighted by Crippen LogP contribution is -2.22. The zero-order chi connectivity index (χ0) is 17.7. The van der Waals surface area contributed by atoms with Crippen LogP contribution in [0.5, 0.6) is 0 Å². The van der Waals surface area contributed by atoms with Gasteiger partial charge in [0.1, 0.15) is 5.78 Å². The van der Waals surface area contributed by atoms with Gasteiger partial charge < -0.3 is 4.74 Å². The van der Waals surface area contributed by atoms with E-state index in [2.05, 4.69) is 5.10 Å². The van der Waals surface area contributed by atoms with Gasteiger partial charge in [-0.05, 0) is 32.4 Å². The van der Waals surface area contributed by atoms with E-state index in [0.717, 1.165) is 23.4 Å². The molecule has 0 fully saturated rings. The van der Waals surface area contributed by atoms with Crippen LogP contribution in [0.2, 0.25) is 0 Å². The number of benzene rings is 1. The Kier molecular flexibility index (Phi) is 5.94. The van der Waals surface area contributed by atoms with Gasteiger partial charge in [0.05, 0.1) is 24.4 Å². The number of hydrogen-bond acceptors (Lipinski definition) is 3. The van der Waals surface area contributed by atoms with Crippen LogP contribution in [0.25, 0.3) is 11.3 Å². The molecule has 1 aromatic heterocycles. The van der Waals surface area contributed by atoms with Gasteiger partial charge in [0.2, 0.25) is 0 Å². The predicted molar refractivity (Wildman–Crippen MR) is 96.9 cm³/mol. The van der Waals surface area contributed by atoms with Gasteiger partial charge >= 0.3 is 0 Å². The van der Waals surface area contributed by atoms with Crippen molar-refractivity contribution in [3.63, 3.8) is 0 Å². The maximum absolute atomic E-state index is 11.8. The second-order valence-electron chi connectivity index (χ2n) is 7.42. The Bertz CT molecular complexity index is 664. The van der Waals surface area contributed by atoms with Crippen LogP contribution < -0.4 is 0 Å². The molecule has 2 rings (SSSR count). The highest BCUT2D eigenvalue weighted by Gasteiger charge is 2.11. The molecule has 0 N–H and O–H groups in total. The number of carbonyl (C=O) groups excluding carboxylic acids is 1. The maximum Gasteiger partial charge on any atom is 0.139 e. The molecule has 24 heavy (non-hydrogen) atoms. The van der Waals surface area contributed by atoms with Crippen LogP contribution in [0, 0.1) is 5.92 Å². The Morgan fingerprint density at radius 1 is 1.17 bits per heavy atom. The first kappa shape index (κ1) is 18.4. The lowest BCUT2D eigenvalue weighted by molar-refractivity contribution is -0.121. The third-order valence-electron chi connectivity index (χ3n) is 3.77. The van der Waals surface area contributed by atoms with Crippen molar-refractivity contribution in [1.82, 2.24) is 9.78 Å². The Balaban J connectivity index is 1.96. The van der Waals surface area contributed by atoms with E-state index in [1.165, 1.54) is 0 Å². The topological polar surface area (TPSA) is 44.1 Å². The minimum Gasteiger partial charge on any atom is -0.374 e. The largest absolute Gasteiger partial charge is 0.374 e. The van der Waals surface area contributed by atoms with Crippen molar-refractivity contribution in [2.75, 3.05) is 6.61 Å². The predicted octanol–water partition coefficient (Wildman–Crippen LogP) is 4.13. The van der Waals surface area contributed by atoms with Gasteiger partial charge in [-0.2, -0.15) is 5.10 Å². The summed E-state index contributed by atoms with van der Waals surface area (Å²) in [6, 6.07) is 10.1. The minimum absolute atomic E-state index is 0.0793. The van der Waals surface area contributed by atoms with Gasteiger partial charge in [-0.1, -0.05) is 38.1 Å². The highest BCUT2D eigenvalue weighted by molar-refractivity contribution is 5.82. The second-order valence-corrected chi connectivity index (χ2v) is 7.42. The summed E-state index contributed by atoms with van der Waals surface area (Å²) in [6.45, 7) is 11.4. The van der Waals surface area contributed by atoms with Crippen molar-refractivity contribution >= 4 is 5.78 Å². The molecule has 0 radical (unpaired) electrons. The molecule has 0 bridgehead atoms. The highest BCUT2D eigenvalue weighted by Crippen LogP contribution is 2.18. The smallest absolute Gasteiger partial charge is 0.139 e. The Morgan fingerprint density at radius 3 is 2.42 bits per heavy atom. The van der Waals surface area contributed by atoms with Crippen molar-refractivity contribution < 1.29 is 9.53 Å². The van der Waals surface area contributed by atoms with Crippen molar-refractivity contribution in [1.29, 1.82) is 0 Å². The molecule has 0 saturated heterocycles. The third kappa shape index (κ3) is 5.60. The summed E-state index contributed by atoms with van der Waals surface area (Å²) in [5, 5.41) is 4.59. The Labute approximate surface area is 144 Å². The van der Waals surface area contributed by atoms with Crippen LogP contribution >= 0.6 is 0 Å². The molecule has 0 spiro atoms. The number of ether oxygens (including phenoxy) is 1. The lowest BCUT2D eigenvalue weighted by atomic mass is 10.00. The number of nitrogens with zero attached hydrogens (tertiary/aromatic N) is 2. The average Bonchev–Trinajstić information content (AvgIpc) is 2.95. The van der Waals surface area contributed by atoms with E-state index in [-0.39, 0.29) is 17.3 Å². The standard InChI is InChI=1S/C20H28N2O2/c1-15(2)19(23)14-16-6-8-17(9-7-16)18-10-11-22(21-18)12-13-24-20(3,4)5/h6-11,15H,12-14H2,1-5H3. The van der Waals surface area contributed by atoms with E-state index in [1.807, 2.05) is 75.8 Å². The molecule has 0 saturated carbocycles. The third-order valence-corrected chi connectivity index (χ3v) is 3.77. The van der Waals surface area contributed by atoms with Crippen LogP contribution in [0.3, 0.4) is 0 Å². The molecule has 4 nitrogen and oxygen atoms in total. The molecule has 4 heteroatoms. The summed E-state index contributed by atoms with van der Waals surface area (Å²) < 4.78 is 7.63. The molecule has 2 aromatic rings. The Morgan fingerprint density at radius 2 is 1.83 bits per heavy atom. The zero-order valence-electron chi connectivity index (χ0n) is 15.4. The summed E-state index contributed by atoms with van der Waals surface area (Å²) in [7, 11) is 0. The molecule has 0 atom stereocenters. The van der Waals surface area contributed by atoms with Crippen molar-refractivity contribution in [3.05, 3.63) is 42.1 Å². The maximum atomic E-state index is 11.8. The second kappa shape index (κ2) is 7.75. The van der Waals surface area contributed by atoms with Crippen LogP contribution in [-0.4, -0.2) is 27.8 Å². The summed E-state index contributed by atoms with van der Waals surface area (Å²) in [4.78, 5) is 11.8. The fraction of sp³-hybridized carbons (Fsp3) is 0.500. The van der Waals surface area contributed by atoms with E-state index in [1.54, 1.807) is 0 Å². The van der Waals surface area contributed by atoms with Gasteiger partial charge in [-0.15, -0.1) is 0 Å². The number of aromatic nitrogens is 2. The molecule has 1 heterocycles. The van der Waals surface area contributed by atoms with E-state index in [4.69, 9.17) is 4.74 Å². The summed E-state index contributed by atoms with van der Waals surface area (Å²) >= 11 is 0. The summed E-state index contributed by atoms with van der Waals surface area (Å²) in [5.41, 5.74) is 2.92. The molecule has 0 aliphatic carbocycles. The van der Waals surface area contributed by atoms with Crippen LogP contribution in [-0.2, 0) is 22.5 Å². The van der Waals surface area contributed by atoms with Gasteiger partial charge in [-0.3, -0.25) is 9.48 Å². The van der Waals surface area contributed by atoms with Gasteiger partial charge in [-0.25, -0.2) is 0 Å². The molecule has 0 amide bonds. The van der Waals surface area contributed by atoms with Gasteiger partial charge in [0, 0.05) is 24.1 Å². The first-order valence-electron chi connectivity index (χ1n) is 8.54. The SMILES string of the molecule is CC(C)C(=O)Cc1ccc(-c2ccn(CCOC(C)(C)C)n2)cc1. The van der Waals surface area contributed by atoms with Crippen LogP contribution in [0.15, 0.2) is 36.5 Å². The van der Waals surface area contributed by atoms with Crippen LogP contribution in [0.1, 0.15) is 40.2 Å². The number of carbonyl (C=O) groups is 1. The number of ketones is 1. The van der Waals surface area contributed by atoms with Gasteiger partial charge in [0.25, 0.3) is 0 Å². The molecular weight excluding hydrogens is 300 g/mol. The normalized spacial score (nSPS) is 11.9. The van der Waals surface area contributed by atoms with Crippen molar-refractivity contribution in [2.24, 2.45) is 5.92 Å². The fourth-order valence-corrected chi connectivity index (χ4v) is 2.28. The molecule has 0 aliphatic rings. The number of rotatable bonds is 7. The molecule has 0 unspecified atom stereocenters. The fourth-order valence-electron chi connectivity index (χ4n) is 2.28. The van der Waals surface area contributed by atoms with E-state index in [9.17, 15) is 4.79 Å². The van der Waals surface area contributed by atoms with Crippen molar-refractivity contribution in [3.8, 4) is 11.3 Å². The van der Waals surface area contributed by atoms with E-state index >= 15 is 0 Å². The zero-order valence-corrected chi connectivity index (χ0v) is 15.4. The summed E-state index contributed by atoms with van der Waals surface area (Å²) in [5.74, 6) is 0.349. The molecule has 0 aliphatic heterocycles. The molecular formula is C20H28N2O2.